The fourth-order valence-corrected chi connectivity index (χ4v) is 2.00. The number of benzene rings is 1. The minimum atomic E-state index is -2.99. The molecule has 94 valence electrons. The zero-order valence-electron chi connectivity index (χ0n) is 8.73. The van der Waals surface area contributed by atoms with E-state index in [0.29, 0.717) is 5.56 Å². The first-order chi connectivity index (χ1) is 8.50. The SMILES string of the molecule is O=C(O)c1oc(-c2ccccc2I)nc1C(F)F. The number of carboxylic acid groups (broad SMARTS) is 1. The van der Waals surface area contributed by atoms with Crippen LogP contribution in [0.2, 0.25) is 0 Å². The Morgan fingerprint density at radius 2 is 2.06 bits per heavy atom. The monoisotopic (exact) mass is 365 g/mol. The van der Waals surface area contributed by atoms with Crippen LogP contribution in [0.5, 0.6) is 0 Å². The molecule has 0 fully saturated rings. The van der Waals surface area contributed by atoms with Crippen LogP contribution in [0, 0.1) is 3.57 Å². The van der Waals surface area contributed by atoms with Crippen molar-refractivity contribution in [2.45, 2.75) is 6.43 Å². The van der Waals surface area contributed by atoms with Crippen LogP contribution < -0.4 is 0 Å². The van der Waals surface area contributed by atoms with Crippen molar-refractivity contribution in [3.63, 3.8) is 0 Å². The molecule has 0 radical (unpaired) electrons. The number of aromatic carboxylic acids is 1. The smallest absolute Gasteiger partial charge is 0.374 e. The Kier molecular flexibility index (Phi) is 3.60. The van der Waals surface area contributed by atoms with Crippen LogP contribution in [0.25, 0.3) is 11.5 Å². The summed E-state index contributed by atoms with van der Waals surface area (Å²) in [6, 6.07) is 6.81. The summed E-state index contributed by atoms with van der Waals surface area (Å²) in [6.07, 6.45) is -2.99. The molecule has 1 aromatic carbocycles. The third-order valence-electron chi connectivity index (χ3n) is 2.16. The van der Waals surface area contributed by atoms with Crippen molar-refractivity contribution >= 4 is 28.6 Å². The van der Waals surface area contributed by atoms with Crippen molar-refractivity contribution in [2.24, 2.45) is 0 Å². The van der Waals surface area contributed by atoms with Gasteiger partial charge in [0.2, 0.25) is 11.7 Å². The Balaban J connectivity index is 2.57. The highest BCUT2D eigenvalue weighted by Gasteiger charge is 2.27. The van der Waals surface area contributed by atoms with Gasteiger partial charge in [0.15, 0.2) is 5.69 Å². The molecule has 1 N–H and O–H groups in total. The molecular weight excluding hydrogens is 359 g/mol. The van der Waals surface area contributed by atoms with Crippen LogP contribution in [0.4, 0.5) is 8.78 Å². The average Bonchev–Trinajstić information content (AvgIpc) is 2.74. The van der Waals surface area contributed by atoms with E-state index in [0.717, 1.165) is 3.57 Å². The maximum absolute atomic E-state index is 12.6. The molecule has 7 heteroatoms. The van der Waals surface area contributed by atoms with Gasteiger partial charge in [-0.1, -0.05) is 12.1 Å². The number of hydrogen-bond acceptors (Lipinski definition) is 3. The van der Waals surface area contributed by atoms with Crippen LogP contribution in [0.1, 0.15) is 22.7 Å². The van der Waals surface area contributed by atoms with Gasteiger partial charge < -0.3 is 9.52 Å². The van der Waals surface area contributed by atoms with Crippen molar-refractivity contribution in [3.05, 3.63) is 39.3 Å². The molecule has 4 nitrogen and oxygen atoms in total. The second kappa shape index (κ2) is 5.01. The first kappa shape index (κ1) is 12.9. The molecule has 0 amide bonds. The third kappa shape index (κ3) is 2.35. The molecule has 2 aromatic rings. The van der Waals surface area contributed by atoms with Gasteiger partial charge in [0.25, 0.3) is 6.43 Å². The molecule has 0 unspecified atom stereocenters. The number of hydrogen-bond donors (Lipinski definition) is 1. The first-order valence-corrected chi connectivity index (χ1v) is 5.85. The number of carbonyl (C=O) groups is 1. The molecule has 0 aliphatic heterocycles. The van der Waals surface area contributed by atoms with Gasteiger partial charge in [-0.3, -0.25) is 0 Å². The molecule has 2 rings (SSSR count). The number of nitrogens with zero attached hydrogens (tertiary/aromatic N) is 1. The lowest BCUT2D eigenvalue weighted by molar-refractivity contribution is 0.0647. The number of aromatic nitrogens is 1. The summed E-state index contributed by atoms with van der Waals surface area (Å²) in [5.41, 5.74) is -0.371. The number of alkyl halides is 2. The van der Waals surface area contributed by atoms with Gasteiger partial charge in [0.1, 0.15) is 0 Å². The zero-order chi connectivity index (χ0) is 13.3. The normalized spacial score (nSPS) is 10.9. The van der Waals surface area contributed by atoms with Gasteiger partial charge in [-0.25, -0.2) is 18.6 Å². The van der Waals surface area contributed by atoms with Crippen molar-refractivity contribution in [1.82, 2.24) is 4.98 Å². The van der Waals surface area contributed by atoms with Crippen LogP contribution >= 0.6 is 22.6 Å². The molecule has 1 heterocycles. The van der Waals surface area contributed by atoms with Crippen molar-refractivity contribution < 1.29 is 23.1 Å². The van der Waals surface area contributed by atoms with Crippen LogP contribution in [-0.2, 0) is 0 Å². The molecule has 1 aromatic heterocycles. The Hall–Kier alpha value is -1.51. The summed E-state index contributed by atoms with van der Waals surface area (Å²) in [7, 11) is 0. The van der Waals surface area contributed by atoms with Crippen molar-refractivity contribution in [3.8, 4) is 11.5 Å². The van der Waals surface area contributed by atoms with Gasteiger partial charge in [-0.05, 0) is 34.7 Å². The maximum Gasteiger partial charge on any atom is 0.374 e. The molecule has 0 atom stereocenters. The summed E-state index contributed by atoms with van der Waals surface area (Å²) < 4.78 is 30.9. The average molecular weight is 365 g/mol. The second-order valence-corrected chi connectivity index (χ2v) is 4.48. The van der Waals surface area contributed by atoms with E-state index in [1.165, 1.54) is 0 Å². The highest BCUT2D eigenvalue weighted by atomic mass is 127. The Bertz CT molecular complexity index is 598. The largest absolute Gasteiger partial charge is 0.475 e. The van der Waals surface area contributed by atoms with Gasteiger partial charge in [0.05, 0.1) is 5.56 Å². The lowest BCUT2D eigenvalue weighted by Crippen LogP contribution is -1.99. The second-order valence-electron chi connectivity index (χ2n) is 3.32. The van der Waals surface area contributed by atoms with Crippen molar-refractivity contribution in [1.29, 1.82) is 0 Å². The van der Waals surface area contributed by atoms with Gasteiger partial charge in [-0.15, -0.1) is 0 Å². The molecule has 0 saturated carbocycles. The highest BCUT2D eigenvalue weighted by molar-refractivity contribution is 14.1. The minimum Gasteiger partial charge on any atom is -0.475 e. The predicted octanol–water partition coefficient (Wildman–Crippen LogP) is 3.58. The quantitative estimate of drug-likeness (QED) is 0.845. The summed E-state index contributed by atoms with van der Waals surface area (Å²) >= 11 is 1.98. The molecule has 0 aliphatic rings. The van der Waals surface area contributed by atoms with E-state index >= 15 is 0 Å². The molecular formula is C11H6F2INO3. The summed E-state index contributed by atoms with van der Waals surface area (Å²) in [5.74, 6) is -2.50. The minimum absolute atomic E-state index is 0.118. The maximum atomic E-state index is 12.6. The van der Waals surface area contributed by atoms with Gasteiger partial charge in [0, 0.05) is 3.57 Å². The molecule has 0 spiro atoms. The van der Waals surface area contributed by atoms with Crippen molar-refractivity contribution in [2.75, 3.05) is 0 Å². The van der Waals surface area contributed by atoms with Crippen LogP contribution in [-0.4, -0.2) is 16.1 Å². The number of halogens is 3. The van der Waals surface area contributed by atoms with E-state index in [1.807, 2.05) is 22.6 Å². The first-order valence-electron chi connectivity index (χ1n) is 4.77. The summed E-state index contributed by atoms with van der Waals surface area (Å²) in [5, 5.41) is 8.78. The van der Waals surface area contributed by atoms with Crippen LogP contribution in [0.15, 0.2) is 28.7 Å². The molecule has 0 aliphatic carbocycles. The van der Waals surface area contributed by atoms with E-state index < -0.39 is 23.8 Å². The number of rotatable bonds is 3. The fraction of sp³-hybridized carbons (Fsp3) is 0.0909. The predicted molar refractivity (Wildman–Crippen MR) is 66.6 cm³/mol. The third-order valence-corrected chi connectivity index (χ3v) is 3.10. The fourth-order valence-electron chi connectivity index (χ4n) is 1.38. The zero-order valence-corrected chi connectivity index (χ0v) is 10.9. The van der Waals surface area contributed by atoms with Crippen LogP contribution in [0.3, 0.4) is 0 Å². The summed E-state index contributed by atoms with van der Waals surface area (Å²) in [4.78, 5) is 14.3. The topological polar surface area (TPSA) is 63.3 Å². The Labute approximate surface area is 114 Å². The molecule has 18 heavy (non-hydrogen) atoms. The van der Waals surface area contributed by atoms with Gasteiger partial charge >= 0.3 is 5.97 Å². The van der Waals surface area contributed by atoms with E-state index in [4.69, 9.17) is 9.52 Å². The Morgan fingerprint density at radius 1 is 1.39 bits per heavy atom. The number of oxazole rings is 1. The number of carboxylic acids is 1. The lowest BCUT2D eigenvalue weighted by Gasteiger charge is -1.97. The standard InChI is InChI=1S/C11H6F2INO3/c12-9(13)7-8(11(16)17)18-10(15-7)5-3-1-2-4-6(5)14/h1-4,9H,(H,16,17). The Morgan fingerprint density at radius 3 is 2.56 bits per heavy atom. The van der Waals surface area contributed by atoms with E-state index in [9.17, 15) is 13.6 Å². The van der Waals surface area contributed by atoms with E-state index in [1.54, 1.807) is 24.3 Å². The summed E-state index contributed by atoms with van der Waals surface area (Å²) in [6.45, 7) is 0. The van der Waals surface area contributed by atoms with E-state index in [2.05, 4.69) is 4.98 Å². The highest BCUT2D eigenvalue weighted by Crippen LogP contribution is 2.30. The molecule has 0 saturated heterocycles. The molecule has 0 bridgehead atoms. The van der Waals surface area contributed by atoms with Gasteiger partial charge in [-0.2, -0.15) is 0 Å². The lowest BCUT2D eigenvalue weighted by atomic mass is 10.2. The van der Waals surface area contributed by atoms with E-state index in [-0.39, 0.29) is 5.89 Å².